The van der Waals surface area contributed by atoms with Crippen LogP contribution in [0.15, 0.2) is 15.4 Å². The van der Waals surface area contributed by atoms with Gasteiger partial charge in [-0.2, -0.15) is 13.2 Å². The van der Waals surface area contributed by atoms with Crippen molar-refractivity contribution >= 4 is 25.6 Å². The molecule has 1 aromatic heterocycles. The number of hydrogen-bond acceptors (Lipinski definition) is 4. The molecule has 1 N–H and O–H groups in total. The number of halogens is 4. The highest BCUT2D eigenvalue weighted by Gasteiger charge is 2.29. The fourth-order valence-electron chi connectivity index (χ4n) is 1.09. The molecule has 0 bridgehead atoms. The van der Waals surface area contributed by atoms with Gasteiger partial charge in [-0.05, 0) is 6.92 Å². The quantitative estimate of drug-likeness (QED) is 0.864. The second-order valence-corrected chi connectivity index (χ2v) is 5.80. The Labute approximate surface area is 104 Å². The third kappa shape index (κ3) is 3.91. The molecular weight excluding hydrogens is 299 g/mol. The molecule has 0 spiro atoms. The van der Waals surface area contributed by atoms with E-state index < -0.39 is 38.3 Å². The molecule has 1 amide bonds. The molecule has 0 saturated heterocycles. The number of furan rings is 1. The number of nitrogens with one attached hydrogen (secondary N) is 1. The van der Waals surface area contributed by atoms with Crippen molar-refractivity contribution < 1.29 is 30.8 Å². The predicted molar refractivity (Wildman–Crippen MR) is 54.9 cm³/mol. The highest BCUT2D eigenvalue weighted by molar-refractivity contribution is 8.13. The van der Waals surface area contributed by atoms with Crippen molar-refractivity contribution in [2.24, 2.45) is 0 Å². The lowest BCUT2D eigenvalue weighted by Gasteiger charge is -2.06. The van der Waals surface area contributed by atoms with Gasteiger partial charge < -0.3 is 9.73 Å². The van der Waals surface area contributed by atoms with E-state index in [0.29, 0.717) is 0 Å². The van der Waals surface area contributed by atoms with Crippen LogP contribution in [0.3, 0.4) is 0 Å². The van der Waals surface area contributed by atoms with Crippen LogP contribution in [0, 0.1) is 6.92 Å². The number of hydrogen-bond donors (Lipinski definition) is 1. The summed E-state index contributed by atoms with van der Waals surface area (Å²) in [6.45, 7) is -0.329. The van der Waals surface area contributed by atoms with E-state index >= 15 is 0 Å². The fourth-order valence-corrected chi connectivity index (χ4v) is 2.18. The molecule has 0 fully saturated rings. The topological polar surface area (TPSA) is 76.4 Å². The molecule has 1 heterocycles. The fraction of sp³-hybridized carbons (Fsp3) is 0.375. The van der Waals surface area contributed by atoms with Crippen LogP contribution in [0.25, 0.3) is 0 Å². The summed E-state index contributed by atoms with van der Waals surface area (Å²) < 4.78 is 62.3. The van der Waals surface area contributed by atoms with Gasteiger partial charge in [0.15, 0.2) is 5.76 Å². The summed E-state index contributed by atoms with van der Waals surface area (Å²) in [5.41, 5.74) is 0. The standard InChI is InChI=1S/C8H7ClF3NO4S/c1-4-6(18(9,15)16)2-5(17-4)7(14)13-3-8(10,11)12/h2H,3H2,1H3,(H,13,14). The van der Waals surface area contributed by atoms with Crippen molar-refractivity contribution in [2.45, 2.75) is 18.0 Å². The lowest BCUT2D eigenvalue weighted by atomic mass is 10.4. The minimum Gasteiger partial charge on any atom is -0.455 e. The summed E-state index contributed by atoms with van der Waals surface area (Å²) in [5.74, 6) is -1.92. The minimum absolute atomic E-state index is 0.179. The highest BCUT2D eigenvalue weighted by Crippen LogP contribution is 2.23. The lowest BCUT2D eigenvalue weighted by molar-refractivity contribution is -0.123. The molecule has 18 heavy (non-hydrogen) atoms. The summed E-state index contributed by atoms with van der Waals surface area (Å²) in [7, 11) is 0.919. The summed E-state index contributed by atoms with van der Waals surface area (Å²) in [6.07, 6.45) is -4.57. The number of aryl methyl sites for hydroxylation is 1. The summed E-state index contributed by atoms with van der Waals surface area (Å²) in [5, 5.41) is 1.54. The maximum atomic E-state index is 11.8. The van der Waals surface area contributed by atoms with Gasteiger partial charge in [0.2, 0.25) is 0 Å². The van der Waals surface area contributed by atoms with E-state index in [9.17, 15) is 26.4 Å². The Morgan fingerprint density at radius 2 is 2.06 bits per heavy atom. The minimum atomic E-state index is -4.57. The Kier molecular flexibility index (Phi) is 3.96. The van der Waals surface area contributed by atoms with Crippen molar-refractivity contribution in [1.82, 2.24) is 5.32 Å². The number of carbonyl (C=O) groups is 1. The van der Waals surface area contributed by atoms with Crippen LogP contribution >= 0.6 is 10.7 Å². The normalized spacial score (nSPS) is 12.5. The first-order valence-corrected chi connectivity index (χ1v) is 6.71. The Balaban J connectivity index is 2.90. The summed E-state index contributed by atoms with van der Waals surface area (Å²) in [6, 6.07) is 0.767. The molecular formula is C8H7ClF3NO4S. The van der Waals surface area contributed by atoms with Gasteiger partial charge in [-0.3, -0.25) is 4.79 Å². The number of rotatable bonds is 3. The Morgan fingerprint density at radius 1 is 1.50 bits per heavy atom. The average molecular weight is 306 g/mol. The first-order chi connectivity index (χ1) is 8.00. The van der Waals surface area contributed by atoms with Gasteiger partial charge in [0.25, 0.3) is 15.0 Å². The zero-order chi connectivity index (χ0) is 14.1. The molecule has 102 valence electrons. The second kappa shape index (κ2) is 4.81. The van der Waals surface area contributed by atoms with Crippen LogP contribution in [-0.4, -0.2) is 27.0 Å². The third-order valence-corrected chi connectivity index (χ3v) is 3.24. The molecule has 0 aliphatic rings. The van der Waals surface area contributed by atoms with Crippen LogP contribution in [0.1, 0.15) is 16.3 Å². The number of amides is 1. The van der Waals surface area contributed by atoms with Crippen molar-refractivity contribution in [2.75, 3.05) is 6.54 Å². The van der Waals surface area contributed by atoms with E-state index in [1.165, 1.54) is 12.2 Å². The third-order valence-electron chi connectivity index (χ3n) is 1.81. The van der Waals surface area contributed by atoms with Crippen molar-refractivity contribution in [3.8, 4) is 0 Å². The van der Waals surface area contributed by atoms with Gasteiger partial charge in [0, 0.05) is 16.7 Å². The van der Waals surface area contributed by atoms with E-state index in [-0.39, 0.29) is 5.76 Å². The monoisotopic (exact) mass is 305 g/mol. The Morgan fingerprint density at radius 3 is 2.44 bits per heavy atom. The molecule has 1 aromatic rings. The summed E-state index contributed by atoms with van der Waals surface area (Å²) in [4.78, 5) is 10.8. The van der Waals surface area contributed by atoms with E-state index in [1.54, 1.807) is 0 Å². The van der Waals surface area contributed by atoms with Gasteiger partial charge in [0.05, 0.1) is 0 Å². The maximum Gasteiger partial charge on any atom is 0.405 e. The smallest absolute Gasteiger partial charge is 0.405 e. The van der Waals surface area contributed by atoms with Gasteiger partial charge in [0.1, 0.15) is 17.2 Å². The zero-order valence-corrected chi connectivity index (χ0v) is 10.4. The van der Waals surface area contributed by atoms with Crippen LogP contribution in [0.2, 0.25) is 0 Å². The van der Waals surface area contributed by atoms with Crippen LogP contribution in [0.5, 0.6) is 0 Å². The molecule has 0 saturated carbocycles. The number of carbonyl (C=O) groups excluding carboxylic acids is 1. The molecule has 1 rings (SSSR count). The molecule has 0 atom stereocenters. The zero-order valence-electron chi connectivity index (χ0n) is 8.84. The van der Waals surface area contributed by atoms with Crippen molar-refractivity contribution in [1.29, 1.82) is 0 Å². The molecule has 0 aromatic carbocycles. The molecule has 0 radical (unpaired) electrons. The molecule has 10 heteroatoms. The van der Waals surface area contributed by atoms with E-state index in [1.807, 2.05) is 0 Å². The molecule has 0 aliphatic carbocycles. The largest absolute Gasteiger partial charge is 0.455 e. The van der Waals surface area contributed by atoms with Gasteiger partial charge in [-0.15, -0.1) is 0 Å². The Bertz CT molecular complexity index is 563. The lowest BCUT2D eigenvalue weighted by Crippen LogP contribution is -2.33. The Hall–Kier alpha value is -1.22. The first kappa shape index (κ1) is 14.8. The molecule has 0 unspecified atom stereocenters. The summed E-state index contributed by atoms with van der Waals surface area (Å²) >= 11 is 0. The maximum absolute atomic E-state index is 11.8. The van der Waals surface area contributed by atoms with Crippen LogP contribution in [0.4, 0.5) is 13.2 Å². The van der Waals surface area contributed by atoms with Gasteiger partial charge in [-0.1, -0.05) is 0 Å². The van der Waals surface area contributed by atoms with E-state index in [4.69, 9.17) is 15.1 Å². The van der Waals surface area contributed by atoms with Gasteiger partial charge in [-0.25, -0.2) is 8.42 Å². The van der Waals surface area contributed by atoms with E-state index in [2.05, 4.69) is 0 Å². The van der Waals surface area contributed by atoms with Crippen LogP contribution in [-0.2, 0) is 9.05 Å². The average Bonchev–Trinajstić information content (AvgIpc) is 2.55. The second-order valence-electron chi connectivity index (χ2n) is 3.27. The molecule has 0 aliphatic heterocycles. The van der Waals surface area contributed by atoms with E-state index in [0.717, 1.165) is 6.07 Å². The van der Waals surface area contributed by atoms with Gasteiger partial charge >= 0.3 is 6.18 Å². The van der Waals surface area contributed by atoms with Crippen molar-refractivity contribution in [3.05, 3.63) is 17.6 Å². The molecule has 5 nitrogen and oxygen atoms in total. The van der Waals surface area contributed by atoms with Crippen molar-refractivity contribution in [3.63, 3.8) is 0 Å². The van der Waals surface area contributed by atoms with Crippen LogP contribution < -0.4 is 5.32 Å². The highest BCUT2D eigenvalue weighted by atomic mass is 35.7. The SMILES string of the molecule is Cc1oc(C(=O)NCC(F)(F)F)cc1S(=O)(=O)Cl. The predicted octanol–water partition coefficient (Wildman–Crippen LogP) is 1.81. The number of alkyl halides is 3. The first-order valence-electron chi connectivity index (χ1n) is 4.41.